The summed E-state index contributed by atoms with van der Waals surface area (Å²) in [6.07, 6.45) is 23.3. The summed E-state index contributed by atoms with van der Waals surface area (Å²) in [5.41, 5.74) is -0.0490. The number of carbonyl (C=O) groups is 2. The molecule has 0 fully saturated rings. The van der Waals surface area contributed by atoms with Crippen LogP contribution in [-0.2, 0) is 68.5 Å². The predicted molar refractivity (Wildman–Crippen MR) is 254 cm³/mol. The monoisotopic (exact) mass is 1180 g/mol. The molecule has 1 aromatic rings. The van der Waals surface area contributed by atoms with Crippen molar-refractivity contribution in [2.75, 3.05) is 45.5 Å². The molecule has 390 valence electrons. The molecule has 0 unspecified atom stereocenters. The minimum Gasteiger partial charge on any atom is -0.466 e. The van der Waals surface area contributed by atoms with Gasteiger partial charge in [0.25, 0.3) is 15.9 Å². The second-order valence-corrected chi connectivity index (χ2v) is 26.3. The number of hydrogen-bond acceptors (Lipinski definition) is 13. The van der Waals surface area contributed by atoms with Crippen molar-refractivity contribution in [1.29, 1.82) is 0 Å². The first-order valence-corrected chi connectivity index (χ1v) is 28.3. The Hall–Kier alpha value is -2.64. The van der Waals surface area contributed by atoms with Crippen LogP contribution in [0.4, 0.5) is 10.5 Å². The van der Waals surface area contributed by atoms with Crippen molar-refractivity contribution in [1.82, 2.24) is 0 Å². The van der Waals surface area contributed by atoms with Crippen molar-refractivity contribution >= 4 is 45.6 Å². The molecule has 2 N–H and O–H groups in total. The van der Waals surface area contributed by atoms with Crippen molar-refractivity contribution in [3.63, 3.8) is 0 Å². The summed E-state index contributed by atoms with van der Waals surface area (Å²) in [6, 6.07) is 13.5. The zero-order chi connectivity index (χ0) is 46.3. The van der Waals surface area contributed by atoms with E-state index < -0.39 is 37.4 Å². The molecule has 2 heterocycles. The number of ether oxygens (including phenoxy) is 5. The van der Waals surface area contributed by atoms with E-state index >= 15 is 0 Å². The van der Waals surface area contributed by atoms with E-state index in [1.165, 1.54) is 105 Å². The number of benzene rings is 1. The largest absolute Gasteiger partial charge is 1.00 e. The maximum atomic E-state index is 11.8. The zero-order valence-corrected chi connectivity index (χ0v) is 45.0. The normalized spacial score (nSPS) is 13.8. The predicted octanol–water partition coefficient (Wildman–Crippen LogP) is 11.9. The Morgan fingerprint density at radius 2 is 1.00 bits per heavy atom. The van der Waals surface area contributed by atoms with Crippen LogP contribution in [0.1, 0.15) is 89.9 Å². The molecule has 0 atom stereocenters. The van der Waals surface area contributed by atoms with Crippen LogP contribution in [-0.4, -0.2) is 99.3 Å². The first kappa shape index (κ1) is 72.3. The number of nitro groups is 1. The number of nitrogens with zero attached hydrogens (tertiary/aromatic N) is 3. The van der Waals surface area contributed by atoms with Gasteiger partial charge in [0, 0.05) is 37.6 Å². The van der Waals surface area contributed by atoms with Gasteiger partial charge in [-0.25, -0.2) is 4.79 Å². The molecule has 18 nitrogen and oxygen atoms in total. The molecule has 0 amide bonds. The molecular weight excluding hydrogens is 1110 g/mol. The summed E-state index contributed by atoms with van der Waals surface area (Å²) >= 11 is 5.64. The zero-order valence-electron chi connectivity index (χ0n) is 39.2. The van der Waals surface area contributed by atoms with Crippen molar-refractivity contribution in [3.05, 3.63) is 93.8 Å². The van der Waals surface area contributed by atoms with Crippen LogP contribution >= 0.6 is 11.6 Å². The van der Waals surface area contributed by atoms with Gasteiger partial charge in [-0.15, -0.1) is 31.8 Å². The minimum atomic E-state index is -1.50. The van der Waals surface area contributed by atoms with Gasteiger partial charge >= 0.3 is 56.9 Å². The smallest absolute Gasteiger partial charge is 0.466 e. The van der Waals surface area contributed by atoms with Crippen molar-refractivity contribution in [2.24, 2.45) is 0 Å². The van der Waals surface area contributed by atoms with E-state index in [2.05, 4.69) is 37.4 Å². The number of alkyl halides is 1. The first-order chi connectivity index (χ1) is 29.6. The number of esters is 1. The molecule has 2 aliphatic heterocycles. The Morgan fingerprint density at radius 1 is 0.606 bits per heavy atom. The quantitative estimate of drug-likeness (QED) is 0.0106. The minimum absolute atomic E-state index is 0. The molecule has 0 saturated heterocycles. The number of carbonyl (C=O) groups excluding carboxylic acids is 2. The fourth-order valence-corrected chi connectivity index (χ4v) is 14.1. The third kappa shape index (κ3) is 46.5. The number of nitro benzene ring substituents is 1. The maximum Gasteiger partial charge on any atom is 1.00 e. The van der Waals surface area contributed by atoms with Crippen molar-refractivity contribution in [3.8, 4) is 5.75 Å². The molecule has 2 aliphatic rings. The second kappa shape index (κ2) is 47.4. The molecule has 0 aromatic heterocycles. The Morgan fingerprint density at radius 3 is 1.42 bits per heavy atom. The summed E-state index contributed by atoms with van der Waals surface area (Å²) in [5, 5.41) is 37.8. The number of halogens is 1. The van der Waals surface area contributed by atoms with E-state index in [1.54, 1.807) is 0 Å². The third-order valence-corrected chi connectivity index (χ3v) is 19.7. The van der Waals surface area contributed by atoms with E-state index in [-0.39, 0.29) is 77.0 Å². The summed E-state index contributed by atoms with van der Waals surface area (Å²) in [5.74, 6) is 0.895. The van der Waals surface area contributed by atoms with E-state index in [4.69, 9.17) is 65.9 Å². The molecule has 0 saturated carbocycles. The summed E-state index contributed by atoms with van der Waals surface area (Å²) in [4.78, 5) is 50.2. The molecule has 23 heteroatoms. The molecule has 1 aromatic carbocycles. The van der Waals surface area contributed by atoms with Gasteiger partial charge in [-0.1, -0.05) is 99.3 Å². The van der Waals surface area contributed by atoms with Crippen molar-refractivity contribution < 1.29 is 104 Å². The molecule has 0 radical (unpaired) electrons. The molecule has 0 bridgehead atoms. The fourth-order valence-electron chi connectivity index (χ4n) is 6.72. The van der Waals surface area contributed by atoms with Gasteiger partial charge in [-0.05, 0) is 69.9 Å². The average molecular weight is 1180 g/mol. The van der Waals surface area contributed by atoms with E-state index in [1.807, 2.05) is 0 Å². The van der Waals surface area contributed by atoms with E-state index in [0.29, 0.717) is 39.5 Å². The SMILES string of the molecule is C[Si]1(CCCCOC(=O)CCCOCCOCCCCCCCl)CCC=CCC1.C[Si]1(CCCCOC(=O)Oc2ccc([N+](=O)[O-])cc2)CCC=CCC1.O=[N+]([O-])O.O=[N+]([O-])O.[Ag+].[Ag+].[CH3-].[CH3-]. The average Bonchev–Trinajstić information content (AvgIpc) is 3.57. The van der Waals surface area contributed by atoms with Gasteiger partial charge in [-0.3, -0.25) is 14.9 Å². The summed E-state index contributed by atoms with van der Waals surface area (Å²) in [7, 11) is -2.18. The molecule has 0 aliphatic carbocycles. The fraction of sp³-hybridized carbons (Fsp3) is 0.674. The summed E-state index contributed by atoms with van der Waals surface area (Å²) in [6.45, 7) is 8.52. The third-order valence-electron chi connectivity index (χ3n) is 10.3. The van der Waals surface area contributed by atoms with Gasteiger partial charge in [0.15, 0.2) is 0 Å². The van der Waals surface area contributed by atoms with Crippen LogP contribution in [0.2, 0.25) is 49.4 Å². The molecule has 0 spiro atoms. The molecule has 66 heavy (non-hydrogen) atoms. The van der Waals surface area contributed by atoms with Crippen LogP contribution in [0.15, 0.2) is 48.6 Å². The van der Waals surface area contributed by atoms with Crippen LogP contribution < -0.4 is 4.74 Å². The number of allylic oxidation sites excluding steroid dienone is 4. The number of hydrogen-bond donors (Lipinski definition) is 2. The van der Waals surface area contributed by atoms with Gasteiger partial charge < -0.3 is 49.0 Å². The molecule has 3 rings (SSSR count). The van der Waals surface area contributed by atoms with Crippen molar-refractivity contribution in [2.45, 2.75) is 139 Å². The van der Waals surface area contributed by atoms with Crippen LogP contribution in [0.25, 0.3) is 0 Å². The topological polar surface area (TPSA) is 250 Å². The van der Waals surface area contributed by atoms with Crippen LogP contribution in [0, 0.1) is 45.2 Å². The van der Waals surface area contributed by atoms with Crippen LogP contribution in [0.3, 0.4) is 0 Å². The first-order valence-electron chi connectivity index (χ1n) is 21.5. The van der Waals surface area contributed by atoms with Gasteiger partial charge in [0.2, 0.25) is 0 Å². The van der Waals surface area contributed by atoms with E-state index in [9.17, 15) is 19.7 Å². The standard InChI is InChI=1S/C23H43ClO4Si.C18H25NO5Si.2CH3.2Ag.2HNO3/c1-29(20-9-4-5-10-21-29)22-11-8-17-28-23(25)13-12-16-27-19-18-26-15-7-3-2-6-14-24;1-25(13-5-2-3-6-14-25)15-7-4-12-23-18(20)24-17-10-8-16(9-11-17)19(21)22;;;;;2*2-1(3)4/h4-5H,2-3,6-22H2,1H3;2-3,8-11H,4-7,12-15H2,1H3;2*1H3;;;2*(H,2,3,4)/q;;2*-1;2*+1;;. The van der Waals surface area contributed by atoms with Gasteiger partial charge in [-0.2, -0.15) is 0 Å². The van der Waals surface area contributed by atoms with Crippen LogP contribution in [0.5, 0.6) is 5.75 Å². The number of rotatable bonds is 25. The van der Waals surface area contributed by atoms with Gasteiger partial charge in [0.05, 0.1) is 47.5 Å². The number of unbranched alkanes of at least 4 members (excludes halogenated alkanes) is 5. The van der Waals surface area contributed by atoms with Gasteiger partial charge in [0.1, 0.15) is 5.75 Å². The Labute approximate surface area is 430 Å². The Kier molecular flexibility index (Phi) is 52.0. The maximum absolute atomic E-state index is 11.8. The second-order valence-electron chi connectivity index (χ2n) is 15.7. The number of non-ortho nitro benzene ring substituents is 1. The Bertz CT molecular complexity index is 1420. The Balaban J connectivity index is -0.000000308. The summed E-state index contributed by atoms with van der Waals surface area (Å²) < 4.78 is 26.5. The molecular formula is C43H76Ag2ClN3O15Si2. The van der Waals surface area contributed by atoms with E-state index in [0.717, 1.165) is 51.0 Å².